The third kappa shape index (κ3) is 3.61. The number of rotatable bonds is 1. The quantitative estimate of drug-likeness (QED) is 0.552. The molecule has 96 valence electrons. The van der Waals surface area contributed by atoms with Crippen LogP contribution in [0.4, 0.5) is 26.3 Å². The van der Waals surface area contributed by atoms with Crippen molar-refractivity contribution in [2.24, 2.45) is 0 Å². The minimum absolute atomic E-state index is 0.458. The molecule has 17 heavy (non-hydrogen) atoms. The second-order valence-electron chi connectivity index (χ2n) is 2.94. The zero-order chi connectivity index (χ0) is 13.4. The van der Waals surface area contributed by atoms with E-state index in [-0.39, 0.29) is 0 Å². The summed E-state index contributed by atoms with van der Waals surface area (Å²) in [5.74, 6) is -1.31. The highest BCUT2D eigenvalue weighted by atomic mass is 127. The molecule has 0 aliphatic heterocycles. The van der Waals surface area contributed by atoms with E-state index in [0.29, 0.717) is 0 Å². The molecule has 0 spiro atoms. The molecule has 0 unspecified atom stereocenters. The van der Waals surface area contributed by atoms with Gasteiger partial charge < -0.3 is 4.74 Å². The summed E-state index contributed by atoms with van der Waals surface area (Å²) in [5, 5.41) is 0. The van der Waals surface area contributed by atoms with Gasteiger partial charge >= 0.3 is 12.5 Å². The molecule has 1 aromatic heterocycles. The van der Waals surface area contributed by atoms with E-state index < -0.39 is 33.1 Å². The van der Waals surface area contributed by atoms with E-state index in [2.05, 4.69) is 9.72 Å². The smallest absolute Gasteiger partial charge is 0.403 e. The molecule has 9 heteroatoms. The van der Waals surface area contributed by atoms with Crippen LogP contribution in [0, 0.1) is 10.5 Å². The van der Waals surface area contributed by atoms with E-state index in [1.807, 2.05) is 0 Å². The molecule has 0 atom stereocenters. The molecule has 0 aliphatic rings. The van der Waals surface area contributed by atoms with Gasteiger partial charge in [0.05, 0.1) is 5.69 Å². The summed E-state index contributed by atoms with van der Waals surface area (Å²) in [6.45, 7) is 1.01. The molecule has 1 rings (SSSR count). The summed E-state index contributed by atoms with van der Waals surface area (Å²) in [6.07, 6.45) is -9.30. The van der Waals surface area contributed by atoms with Crippen molar-refractivity contribution >= 4 is 22.6 Å². The van der Waals surface area contributed by atoms with Gasteiger partial charge in [0.25, 0.3) is 0 Å². The number of pyridine rings is 1. The van der Waals surface area contributed by atoms with E-state index in [0.717, 1.165) is 13.1 Å². The molecule has 0 N–H and O–H groups in total. The van der Waals surface area contributed by atoms with Gasteiger partial charge in [-0.1, -0.05) is 0 Å². The van der Waals surface area contributed by atoms with Crippen LogP contribution in [-0.2, 0) is 6.18 Å². The maximum Gasteiger partial charge on any atom is 0.573 e. The number of halogens is 7. The SMILES string of the molecule is Cc1ncc(I)c(C(F)(F)F)c1OC(F)(F)F. The van der Waals surface area contributed by atoms with Crippen LogP contribution in [-0.4, -0.2) is 11.3 Å². The molecule has 0 amide bonds. The molecule has 0 aliphatic carbocycles. The minimum Gasteiger partial charge on any atom is -0.403 e. The van der Waals surface area contributed by atoms with Crippen molar-refractivity contribution in [2.45, 2.75) is 19.5 Å². The maximum absolute atomic E-state index is 12.6. The van der Waals surface area contributed by atoms with Crippen molar-refractivity contribution in [3.8, 4) is 5.75 Å². The van der Waals surface area contributed by atoms with E-state index >= 15 is 0 Å². The average molecular weight is 371 g/mol. The van der Waals surface area contributed by atoms with Gasteiger partial charge in [0.15, 0.2) is 5.75 Å². The molecule has 1 heterocycles. The molecule has 0 saturated heterocycles. The molecular formula is C8H4F6INO. The van der Waals surface area contributed by atoms with Crippen molar-refractivity contribution in [3.63, 3.8) is 0 Å². The molecule has 0 aromatic carbocycles. The lowest BCUT2D eigenvalue weighted by Gasteiger charge is -2.17. The van der Waals surface area contributed by atoms with Crippen molar-refractivity contribution in [1.29, 1.82) is 0 Å². The Morgan fingerprint density at radius 2 is 1.71 bits per heavy atom. The van der Waals surface area contributed by atoms with Crippen molar-refractivity contribution in [3.05, 3.63) is 21.0 Å². The molecule has 0 radical (unpaired) electrons. The average Bonchev–Trinajstić information content (AvgIpc) is 2.06. The molecule has 0 saturated carbocycles. The summed E-state index contributed by atoms with van der Waals surface area (Å²) in [7, 11) is 0. The number of aryl methyl sites for hydroxylation is 1. The standard InChI is InChI=1S/C8H4F6INO/c1-3-6(17-8(12,13)14)5(7(9,10)11)4(15)2-16-3/h2H,1H3. The Kier molecular flexibility index (Phi) is 3.79. The Morgan fingerprint density at radius 1 is 1.18 bits per heavy atom. The zero-order valence-corrected chi connectivity index (χ0v) is 10.2. The number of hydrogen-bond acceptors (Lipinski definition) is 2. The Bertz CT molecular complexity index is 427. The second kappa shape index (κ2) is 4.50. The van der Waals surface area contributed by atoms with Crippen LogP contribution in [0.2, 0.25) is 0 Å². The highest BCUT2D eigenvalue weighted by Gasteiger charge is 2.42. The summed E-state index contributed by atoms with van der Waals surface area (Å²) >= 11 is 1.25. The summed E-state index contributed by atoms with van der Waals surface area (Å²) < 4.78 is 76.7. The highest BCUT2D eigenvalue weighted by Crippen LogP contribution is 2.42. The van der Waals surface area contributed by atoms with Crippen LogP contribution in [0.1, 0.15) is 11.3 Å². The number of nitrogens with zero attached hydrogens (tertiary/aromatic N) is 1. The van der Waals surface area contributed by atoms with Gasteiger partial charge in [-0.2, -0.15) is 13.2 Å². The van der Waals surface area contributed by atoms with Crippen LogP contribution >= 0.6 is 22.6 Å². The zero-order valence-electron chi connectivity index (χ0n) is 8.08. The maximum atomic E-state index is 12.6. The van der Waals surface area contributed by atoms with Gasteiger partial charge in [0, 0.05) is 9.77 Å². The van der Waals surface area contributed by atoms with Gasteiger partial charge in [-0.15, -0.1) is 13.2 Å². The molecule has 0 bridgehead atoms. The Morgan fingerprint density at radius 3 is 2.12 bits per heavy atom. The Hall–Kier alpha value is -0.740. The van der Waals surface area contributed by atoms with Crippen LogP contribution < -0.4 is 4.74 Å². The first kappa shape index (κ1) is 14.3. The topological polar surface area (TPSA) is 22.1 Å². The van der Waals surface area contributed by atoms with Crippen LogP contribution in [0.25, 0.3) is 0 Å². The first-order valence-corrected chi connectivity index (χ1v) is 5.08. The van der Waals surface area contributed by atoms with E-state index in [4.69, 9.17) is 0 Å². The third-order valence-corrected chi connectivity index (χ3v) is 2.49. The number of aromatic nitrogens is 1. The predicted molar refractivity (Wildman–Crippen MR) is 53.4 cm³/mol. The van der Waals surface area contributed by atoms with Crippen molar-refractivity contribution < 1.29 is 31.1 Å². The second-order valence-corrected chi connectivity index (χ2v) is 4.10. The third-order valence-electron chi connectivity index (χ3n) is 1.67. The first-order valence-electron chi connectivity index (χ1n) is 4.00. The Balaban J connectivity index is 3.41. The molecule has 1 aromatic rings. The predicted octanol–water partition coefficient (Wildman–Crippen LogP) is 3.91. The summed E-state index contributed by atoms with van der Waals surface area (Å²) in [4.78, 5) is 3.40. The monoisotopic (exact) mass is 371 g/mol. The normalized spacial score (nSPS) is 12.7. The summed E-state index contributed by atoms with van der Waals surface area (Å²) in [6, 6.07) is 0. The molecule has 2 nitrogen and oxygen atoms in total. The van der Waals surface area contributed by atoms with Gasteiger partial charge in [0.2, 0.25) is 0 Å². The van der Waals surface area contributed by atoms with Crippen LogP contribution in [0.5, 0.6) is 5.75 Å². The van der Waals surface area contributed by atoms with E-state index in [9.17, 15) is 26.3 Å². The number of ether oxygens (including phenoxy) is 1. The number of alkyl halides is 6. The largest absolute Gasteiger partial charge is 0.573 e. The minimum atomic E-state index is -5.20. The van der Waals surface area contributed by atoms with Gasteiger partial charge in [0.1, 0.15) is 5.56 Å². The number of hydrogen-bond donors (Lipinski definition) is 0. The van der Waals surface area contributed by atoms with Gasteiger partial charge in [-0.3, -0.25) is 4.98 Å². The lowest BCUT2D eigenvalue weighted by Crippen LogP contribution is -2.22. The van der Waals surface area contributed by atoms with Crippen LogP contribution in [0.3, 0.4) is 0 Å². The van der Waals surface area contributed by atoms with Gasteiger partial charge in [-0.05, 0) is 29.5 Å². The van der Waals surface area contributed by atoms with Crippen molar-refractivity contribution in [2.75, 3.05) is 0 Å². The van der Waals surface area contributed by atoms with E-state index in [1.54, 1.807) is 0 Å². The van der Waals surface area contributed by atoms with Gasteiger partial charge in [-0.25, -0.2) is 0 Å². The molecular weight excluding hydrogens is 367 g/mol. The Labute approximate surface area is 105 Å². The fraction of sp³-hybridized carbons (Fsp3) is 0.375. The highest BCUT2D eigenvalue weighted by molar-refractivity contribution is 14.1. The fourth-order valence-electron chi connectivity index (χ4n) is 1.07. The van der Waals surface area contributed by atoms with E-state index in [1.165, 1.54) is 22.6 Å². The fourth-order valence-corrected chi connectivity index (χ4v) is 1.76. The van der Waals surface area contributed by atoms with Crippen LogP contribution in [0.15, 0.2) is 6.20 Å². The first-order chi connectivity index (χ1) is 7.52. The van der Waals surface area contributed by atoms with Crippen molar-refractivity contribution in [1.82, 2.24) is 4.98 Å². The molecule has 0 fully saturated rings. The lowest BCUT2D eigenvalue weighted by molar-refractivity contribution is -0.276. The summed E-state index contributed by atoms with van der Waals surface area (Å²) in [5.41, 5.74) is -1.95. The lowest BCUT2D eigenvalue weighted by atomic mass is 10.2.